The fraction of sp³-hybridized carbons (Fsp3) is 0.556. The van der Waals surface area contributed by atoms with Gasteiger partial charge in [0.2, 0.25) is 0 Å². The number of aromatic hydroxyl groups is 1. The Labute approximate surface area is 199 Å². The van der Waals surface area contributed by atoms with Gasteiger partial charge in [0.1, 0.15) is 5.75 Å². The minimum Gasteiger partial charge on any atom is -0.508 e. The number of allylic oxidation sites excluding steroid dienone is 2. The molecule has 0 amide bonds. The number of halogens is 1. The third-order valence-corrected chi connectivity index (χ3v) is 9.91. The molecule has 0 aliphatic heterocycles. The molecule has 4 nitrogen and oxygen atoms in total. The van der Waals surface area contributed by atoms with Gasteiger partial charge in [-0.2, -0.15) is 0 Å². The van der Waals surface area contributed by atoms with Crippen molar-refractivity contribution in [3.63, 3.8) is 0 Å². The lowest BCUT2D eigenvalue weighted by Crippen LogP contribution is -2.55. The third-order valence-electron chi connectivity index (χ3n) is 8.40. The maximum absolute atomic E-state index is 12.4. The maximum atomic E-state index is 12.4. The molecule has 2 saturated carbocycles. The summed E-state index contributed by atoms with van der Waals surface area (Å²) >= 11 is 3.96. The molecule has 0 radical (unpaired) electrons. The molecule has 5 heteroatoms. The number of phenols is 1. The number of hydrogen-bond acceptors (Lipinski definition) is 3. The zero-order chi connectivity index (χ0) is 23.8. The van der Waals surface area contributed by atoms with Crippen molar-refractivity contribution in [1.82, 2.24) is 0 Å². The Kier molecular flexibility index (Phi) is 7.09. The van der Waals surface area contributed by atoms with Crippen LogP contribution in [0.1, 0.15) is 75.2 Å². The summed E-state index contributed by atoms with van der Waals surface area (Å²) in [5.74, 6) is -0.186. The normalized spacial score (nSPS) is 32.2. The zero-order valence-electron chi connectivity index (χ0n) is 19.4. The third kappa shape index (κ3) is 4.46. The number of ketones is 1. The maximum Gasteiger partial charge on any atom is 0.335 e. The number of alkyl halides is 1. The van der Waals surface area contributed by atoms with Crippen molar-refractivity contribution in [3.8, 4) is 5.75 Å². The highest BCUT2D eigenvalue weighted by Gasteiger charge is 2.57. The number of carboxylic acid groups (broad SMARTS) is 1. The molecule has 1 aromatic carbocycles. The Morgan fingerprint density at radius 3 is 2.56 bits per heavy atom. The van der Waals surface area contributed by atoms with Crippen LogP contribution in [0, 0.1) is 22.7 Å². The first-order valence-corrected chi connectivity index (χ1v) is 12.4. The first-order chi connectivity index (χ1) is 14.9. The van der Waals surface area contributed by atoms with Crippen LogP contribution < -0.4 is 0 Å². The molecule has 2 fully saturated rings. The number of hydrogen-bond donors (Lipinski definition) is 2. The number of benzene rings is 1. The van der Waals surface area contributed by atoms with Crippen LogP contribution in [0.15, 0.2) is 42.5 Å². The molecule has 2 aliphatic rings. The summed E-state index contributed by atoms with van der Waals surface area (Å²) in [5.41, 5.74) is 2.57. The van der Waals surface area contributed by atoms with Crippen LogP contribution in [0.2, 0.25) is 0 Å². The van der Waals surface area contributed by atoms with Gasteiger partial charge >= 0.3 is 5.97 Å². The van der Waals surface area contributed by atoms with Gasteiger partial charge in [-0.25, -0.2) is 4.79 Å². The summed E-state index contributed by atoms with van der Waals surface area (Å²) in [5, 5.41) is 19.9. The zero-order valence-corrected chi connectivity index (χ0v) is 21.0. The molecule has 0 unspecified atom stereocenters. The number of phenolic OH excluding ortho intramolecular Hbond substituents is 1. The summed E-state index contributed by atoms with van der Waals surface area (Å²) in [7, 11) is 0. The molecule has 32 heavy (non-hydrogen) atoms. The minimum absolute atomic E-state index is 0.0354. The fourth-order valence-corrected chi connectivity index (χ4v) is 7.14. The van der Waals surface area contributed by atoms with Crippen molar-refractivity contribution in [2.45, 2.75) is 70.5 Å². The molecule has 174 valence electrons. The number of fused-ring (bicyclic) bond motifs is 1. The van der Waals surface area contributed by atoms with E-state index in [1.807, 2.05) is 0 Å². The molecule has 1 aromatic rings. The van der Waals surface area contributed by atoms with Crippen molar-refractivity contribution < 1.29 is 19.8 Å². The van der Waals surface area contributed by atoms with Gasteiger partial charge in [0.15, 0.2) is 5.78 Å². The van der Waals surface area contributed by atoms with E-state index in [9.17, 15) is 19.8 Å². The van der Waals surface area contributed by atoms with Crippen LogP contribution in [0.5, 0.6) is 5.75 Å². The Bertz CT molecular complexity index is 951. The average Bonchev–Trinajstić information content (AvgIpc) is 2.73. The topological polar surface area (TPSA) is 74.6 Å². The Balaban J connectivity index is 1.94. The number of rotatable bonds is 7. The lowest BCUT2D eigenvalue weighted by atomic mass is 9.45. The molecule has 0 heterocycles. The van der Waals surface area contributed by atoms with Crippen LogP contribution in [-0.2, 0) is 11.2 Å². The van der Waals surface area contributed by atoms with Gasteiger partial charge < -0.3 is 10.2 Å². The van der Waals surface area contributed by atoms with E-state index in [0.717, 1.165) is 32.1 Å². The van der Waals surface area contributed by atoms with E-state index < -0.39 is 5.97 Å². The Morgan fingerprint density at radius 1 is 1.25 bits per heavy atom. The van der Waals surface area contributed by atoms with Crippen molar-refractivity contribution in [1.29, 1.82) is 0 Å². The van der Waals surface area contributed by atoms with Gasteiger partial charge in [-0.05, 0) is 97.5 Å². The number of Topliss-reactive ketones (excluding diaryl/α,β-unsaturated/α-hetero) is 1. The molecule has 0 saturated heterocycles. The molecular weight excluding hydrogens is 468 g/mol. The number of carbonyl (C=O) groups is 2. The summed E-state index contributed by atoms with van der Waals surface area (Å²) in [6.07, 6.45) is 5.88. The van der Waals surface area contributed by atoms with E-state index >= 15 is 0 Å². The molecular formula is C27H35BrO4. The van der Waals surface area contributed by atoms with Crippen LogP contribution in [0.3, 0.4) is 0 Å². The average molecular weight is 503 g/mol. The van der Waals surface area contributed by atoms with Gasteiger partial charge in [-0.1, -0.05) is 48.5 Å². The van der Waals surface area contributed by atoms with E-state index in [4.69, 9.17) is 0 Å². The second-order valence-electron chi connectivity index (χ2n) is 10.4. The second kappa shape index (κ2) is 9.17. The van der Waals surface area contributed by atoms with Crippen LogP contribution in [0.4, 0.5) is 0 Å². The fourth-order valence-electron chi connectivity index (χ4n) is 6.37. The first-order valence-electron chi connectivity index (χ1n) is 11.5. The van der Waals surface area contributed by atoms with E-state index in [1.54, 1.807) is 13.0 Å². The van der Waals surface area contributed by atoms with E-state index in [0.29, 0.717) is 34.7 Å². The summed E-state index contributed by atoms with van der Waals surface area (Å²) in [6.45, 7) is 14.6. The highest BCUT2D eigenvalue weighted by molar-refractivity contribution is 9.09. The smallest absolute Gasteiger partial charge is 0.335 e. The monoisotopic (exact) mass is 502 g/mol. The lowest BCUT2D eigenvalue weighted by Gasteiger charge is -2.60. The van der Waals surface area contributed by atoms with Gasteiger partial charge in [-0.3, -0.25) is 4.79 Å². The SMILES string of the molecule is C=C(C)C(=O)CC[C@]1(C)[C@H]2CCC(=C)[C@@H](Cc3cc(C(=O)O)ccc3O)[C@]2(C)CC[C@H]1Br. The molecule has 2 N–H and O–H groups in total. The predicted molar refractivity (Wildman–Crippen MR) is 131 cm³/mol. The summed E-state index contributed by atoms with van der Waals surface area (Å²) in [4.78, 5) is 24.2. The highest BCUT2D eigenvalue weighted by atomic mass is 79.9. The minimum atomic E-state index is -0.993. The first kappa shape index (κ1) is 24.8. The largest absolute Gasteiger partial charge is 0.508 e. The summed E-state index contributed by atoms with van der Waals surface area (Å²) in [6, 6.07) is 4.51. The second-order valence-corrected chi connectivity index (χ2v) is 11.5. The molecule has 0 bridgehead atoms. The number of carboxylic acids is 1. The van der Waals surface area contributed by atoms with Gasteiger partial charge in [0.05, 0.1) is 5.56 Å². The van der Waals surface area contributed by atoms with Gasteiger partial charge in [-0.15, -0.1) is 0 Å². The van der Waals surface area contributed by atoms with Gasteiger partial charge in [0, 0.05) is 11.2 Å². The van der Waals surface area contributed by atoms with Crippen molar-refractivity contribution >= 4 is 27.7 Å². The van der Waals surface area contributed by atoms with Crippen LogP contribution in [-0.4, -0.2) is 26.8 Å². The molecule has 0 spiro atoms. The Morgan fingerprint density at radius 2 is 1.94 bits per heavy atom. The molecule has 5 atom stereocenters. The lowest BCUT2D eigenvalue weighted by molar-refractivity contribution is -0.117. The number of aromatic carboxylic acids is 1. The van der Waals surface area contributed by atoms with E-state index in [1.165, 1.54) is 17.7 Å². The Hall–Kier alpha value is -1.88. The highest BCUT2D eigenvalue weighted by Crippen LogP contribution is 2.64. The standard InChI is InChI=1S/C27H35BrO4/c1-16(2)21(29)10-12-27(5)23-9-6-17(3)20(26(23,4)13-11-24(27)28)15-19-14-18(25(31)32)7-8-22(19)30/h7-8,14,20,23-24,30H,1,3,6,9-13,15H2,2,4-5H3,(H,31,32)/t20-,23+,24-,26+,27-/m1/s1. The van der Waals surface area contributed by atoms with Crippen molar-refractivity contribution in [2.24, 2.45) is 22.7 Å². The van der Waals surface area contributed by atoms with E-state index in [-0.39, 0.29) is 33.8 Å². The van der Waals surface area contributed by atoms with Gasteiger partial charge in [0.25, 0.3) is 0 Å². The van der Waals surface area contributed by atoms with Crippen LogP contribution in [0.25, 0.3) is 0 Å². The molecule has 0 aromatic heterocycles. The van der Waals surface area contributed by atoms with E-state index in [2.05, 4.69) is 42.9 Å². The quantitative estimate of drug-likeness (QED) is 0.246. The van der Waals surface area contributed by atoms with Crippen molar-refractivity contribution in [2.75, 3.05) is 0 Å². The van der Waals surface area contributed by atoms with Crippen molar-refractivity contribution in [3.05, 3.63) is 53.6 Å². The number of carbonyl (C=O) groups excluding carboxylic acids is 1. The predicted octanol–water partition coefficient (Wildman–Crippen LogP) is 6.71. The molecule has 2 aliphatic carbocycles. The summed E-state index contributed by atoms with van der Waals surface area (Å²) < 4.78 is 0. The molecule has 3 rings (SSSR count). The van der Waals surface area contributed by atoms with Crippen LogP contribution >= 0.6 is 15.9 Å².